The molecular weight excluding hydrogens is 297 g/mol. The predicted octanol–water partition coefficient (Wildman–Crippen LogP) is 4.32. The summed E-state index contributed by atoms with van der Waals surface area (Å²) in [5, 5.41) is 10.9. The SMILES string of the molecule is CN(CCc1cccs1)c1ccc(C(F)(F)F)c(C#N)c1. The minimum absolute atomic E-state index is 0.344. The van der Waals surface area contributed by atoms with Crippen LogP contribution in [-0.4, -0.2) is 13.6 Å². The lowest BCUT2D eigenvalue weighted by atomic mass is 10.1. The lowest BCUT2D eigenvalue weighted by molar-refractivity contribution is -0.137. The van der Waals surface area contributed by atoms with Crippen LogP contribution in [0.15, 0.2) is 35.7 Å². The Hall–Kier alpha value is -2.00. The van der Waals surface area contributed by atoms with E-state index in [-0.39, 0.29) is 5.56 Å². The van der Waals surface area contributed by atoms with E-state index in [1.54, 1.807) is 24.5 Å². The average molecular weight is 310 g/mol. The number of benzene rings is 1. The van der Waals surface area contributed by atoms with Gasteiger partial charge in [0.1, 0.15) is 0 Å². The Balaban J connectivity index is 2.15. The molecule has 1 aromatic heterocycles. The molecule has 0 radical (unpaired) electrons. The maximum atomic E-state index is 12.7. The third-order valence-electron chi connectivity index (χ3n) is 3.14. The molecule has 0 amide bonds. The first kappa shape index (κ1) is 15.4. The molecule has 0 spiro atoms. The van der Waals surface area contributed by atoms with E-state index >= 15 is 0 Å². The molecule has 0 saturated carbocycles. The van der Waals surface area contributed by atoms with E-state index < -0.39 is 11.7 Å². The first-order valence-corrected chi connectivity index (χ1v) is 7.14. The number of nitriles is 1. The molecular formula is C15H13F3N2S. The average Bonchev–Trinajstić information content (AvgIpc) is 2.96. The summed E-state index contributed by atoms with van der Waals surface area (Å²) in [6, 6.07) is 9.26. The van der Waals surface area contributed by atoms with Crippen LogP contribution in [0.4, 0.5) is 18.9 Å². The van der Waals surface area contributed by atoms with Crippen molar-refractivity contribution in [2.75, 3.05) is 18.5 Å². The number of hydrogen-bond donors (Lipinski definition) is 0. The van der Waals surface area contributed by atoms with E-state index in [0.717, 1.165) is 12.5 Å². The van der Waals surface area contributed by atoms with Gasteiger partial charge in [-0.3, -0.25) is 0 Å². The van der Waals surface area contributed by atoms with Gasteiger partial charge in [-0.1, -0.05) is 6.07 Å². The molecule has 110 valence electrons. The highest BCUT2D eigenvalue weighted by Gasteiger charge is 2.33. The van der Waals surface area contributed by atoms with E-state index in [1.165, 1.54) is 17.0 Å². The van der Waals surface area contributed by atoms with Crippen molar-refractivity contribution in [3.63, 3.8) is 0 Å². The molecule has 0 aliphatic carbocycles. The molecule has 2 rings (SSSR count). The quantitative estimate of drug-likeness (QED) is 0.841. The molecule has 0 bridgehead atoms. The predicted molar refractivity (Wildman–Crippen MR) is 77.5 cm³/mol. The molecule has 0 fully saturated rings. The van der Waals surface area contributed by atoms with Gasteiger partial charge >= 0.3 is 6.18 Å². The van der Waals surface area contributed by atoms with Gasteiger partial charge in [-0.15, -0.1) is 11.3 Å². The second-order valence-corrected chi connectivity index (χ2v) is 5.62. The van der Waals surface area contributed by atoms with Crippen LogP contribution in [0.25, 0.3) is 0 Å². The van der Waals surface area contributed by atoms with Crippen molar-refractivity contribution < 1.29 is 13.2 Å². The lowest BCUT2D eigenvalue weighted by Gasteiger charge is -2.20. The Morgan fingerprint density at radius 3 is 2.62 bits per heavy atom. The first-order chi connectivity index (χ1) is 9.91. The van der Waals surface area contributed by atoms with E-state index in [9.17, 15) is 13.2 Å². The van der Waals surface area contributed by atoms with Gasteiger partial charge in [-0.2, -0.15) is 18.4 Å². The fraction of sp³-hybridized carbons (Fsp3) is 0.267. The van der Waals surface area contributed by atoms with Gasteiger partial charge < -0.3 is 4.90 Å². The molecule has 2 aromatic rings. The number of rotatable bonds is 4. The molecule has 0 atom stereocenters. The summed E-state index contributed by atoms with van der Waals surface area (Å²) in [5.74, 6) is 0. The highest BCUT2D eigenvalue weighted by molar-refractivity contribution is 7.09. The molecule has 1 aromatic carbocycles. The molecule has 2 nitrogen and oxygen atoms in total. The summed E-state index contributed by atoms with van der Waals surface area (Å²) >= 11 is 1.65. The van der Waals surface area contributed by atoms with Crippen molar-refractivity contribution in [2.45, 2.75) is 12.6 Å². The van der Waals surface area contributed by atoms with Gasteiger partial charge in [-0.25, -0.2) is 0 Å². The van der Waals surface area contributed by atoms with Crippen LogP contribution in [0.5, 0.6) is 0 Å². The Morgan fingerprint density at radius 2 is 2.05 bits per heavy atom. The molecule has 1 heterocycles. The smallest absolute Gasteiger partial charge is 0.374 e. The number of anilines is 1. The fourth-order valence-electron chi connectivity index (χ4n) is 1.97. The first-order valence-electron chi connectivity index (χ1n) is 6.26. The highest BCUT2D eigenvalue weighted by atomic mass is 32.1. The standard InChI is InChI=1S/C15H13F3N2S/c1-20(7-6-13-3-2-8-21-13)12-4-5-14(15(16,17)18)11(9-12)10-19/h2-5,8-9H,6-7H2,1H3. The van der Waals surface area contributed by atoms with E-state index in [2.05, 4.69) is 0 Å². The van der Waals surface area contributed by atoms with E-state index in [1.807, 2.05) is 22.4 Å². The number of halogens is 3. The Bertz CT molecular complexity index is 642. The van der Waals surface area contributed by atoms with Crippen LogP contribution in [0, 0.1) is 11.3 Å². The minimum atomic E-state index is -4.50. The normalized spacial score (nSPS) is 11.2. The topological polar surface area (TPSA) is 27.0 Å². The molecule has 0 unspecified atom stereocenters. The van der Waals surface area contributed by atoms with E-state index in [0.29, 0.717) is 12.2 Å². The maximum Gasteiger partial charge on any atom is 0.417 e. The number of hydrogen-bond acceptors (Lipinski definition) is 3. The summed E-state index contributed by atoms with van der Waals surface area (Å²) in [4.78, 5) is 3.06. The van der Waals surface area contributed by atoms with Crippen molar-refractivity contribution in [3.05, 3.63) is 51.7 Å². The third kappa shape index (κ3) is 3.76. The van der Waals surface area contributed by atoms with Gasteiger partial charge in [0.25, 0.3) is 0 Å². The Kier molecular flexibility index (Phi) is 4.53. The largest absolute Gasteiger partial charge is 0.417 e. The highest BCUT2D eigenvalue weighted by Crippen LogP contribution is 2.33. The van der Waals surface area contributed by atoms with Crippen molar-refractivity contribution in [2.24, 2.45) is 0 Å². The maximum absolute atomic E-state index is 12.7. The fourth-order valence-corrected chi connectivity index (χ4v) is 2.67. The summed E-state index contributed by atoms with van der Waals surface area (Å²) < 4.78 is 38.2. The summed E-state index contributed by atoms with van der Waals surface area (Å²) in [6.45, 7) is 0.677. The van der Waals surface area contributed by atoms with Crippen LogP contribution in [-0.2, 0) is 12.6 Å². The van der Waals surface area contributed by atoms with E-state index in [4.69, 9.17) is 5.26 Å². The Labute approximate surface area is 125 Å². The lowest BCUT2D eigenvalue weighted by Crippen LogP contribution is -2.20. The van der Waals surface area contributed by atoms with Gasteiger partial charge in [0.05, 0.1) is 17.2 Å². The van der Waals surface area contributed by atoms with Gasteiger partial charge in [0.2, 0.25) is 0 Å². The minimum Gasteiger partial charge on any atom is -0.374 e. The number of thiophene rings is 1. The van der Waals surface area contributed by atoms with Crippen LogP contribution < -0.4 is 4.90 Å². The summed E-state index contributed by atoms with van der Waals surface area (Å²) in [5.41, 5.74) is -0.625. The van der Waals surface area contributed by atoms with Crippen molar-refractivity contribution in [3.8, 4) is 6.07 Å². The van der Waals surface area contributed by atoms with Crippen molar-refractivity contribution in [1.82, 2.24) is 0 Å². The third-order valence-corrected chi connectivity index (χ3v) is 4.08. The van der Waals surface area contributed by atoms with Gasteiger partial charge in [0.15, 0.2) is 0 Å². The van der Waals surface area contributed by atoms with Crippen LogP contribution >= 0.6 is 11.3 Å². The zero-order valence-electron chi connectivity index (χ0n) is 11.3. The molecule has 0 saturated heterocycles. The zero-order chi connectivity index (χ0) is 15.5. The number of alkyl halides is 3. The molecule has 0 aliphatic heterocycles. The molecule has 0 aliphatic rings. The number of likely N-dealkylation sites (N-methyl/N-ethyl adjacent to an activating group) is 1. The number of nitrogens with zero attached hydrogens (tertiary/aromatic N) is 2. The van der Waals surface area contributed by atoms with Gasteiger partial charge in [-0.05, 0) is 36.1 Å². The molecule has 6 heteroatoms. The Morgan fingerprint density at radius 1 is 1.29 bits per heavy atom. The van der Waals surface area contributed by atoms with Crippen molar-refractivity contribution in [1.29, 1.82) is 5.26 Å². The zero-order valence-corrected chi connectivity index (χ0v) is 12.1. The second kappa shape index (κ2) is 6.19. The summed E-state index contributed by atoms with van der Waals surface area (Å²) in [7, 11) is 1.80. The monoisotopic (exact) mass is 310 g/mol. The van der Waals surface area contributed by atoms with Crippen LogP contribution in [0.3, 0.4) is 0 Å². The molecule has 21 heavy (non-hydrogen) atoms. The second-order valence-electron chi connectivity index (χ2n) is 4.59. The van der Waals surface area contributed by atoms with Crippen LogP contribution in [0.2, 0.25) is 0 Å². The van der Waals surface area contributed by atoms with Crippen LogP contribution in [0.1, 0.15) is 16.0 Å². The van der Waals surface area contributed by atoms with Gasteiger partial charge in [0, 0.05) is 24.2 Å². The summed E-state index contributed by atoms with van der Waals surface area (Å²) in [6.07, 6.45) is -3.68. The van der Waals surface area contributed by atoms with Crippen molar-refractivity contribution >= 4 is 17.0 Å². The molecule has 0 N–H and O–H groups in total.